The lowest BCUT2D eigenvalue weighted by molar-refractivity contribution is 1.01. The van der Waals surface area contributed by atoms with Gasteiger partial charge >= 0.3 is 0 Å². The molecule has 4 aromatic heterocycles. The largest absolute Gasteiger partial charge is 0.316 e. The van der Waals surface area contributed by atoms with Crippen LogP contribution in [0.2, 0.25) is 0 Å². The number of para-hydroxylation sites is 3. The van der Waals surface area contributed by atoms with Gasteiger partial charge in [0.05, 0.1) is 33.5 Å². The molecule has 0 N–H and O–H groups in total. The molecule has 50 heavy (non-hydrogen) atoms. The molecule has 10 aromatic rings. The summed E-state index contributed by atoms with van der Waals surface area (Å²) in [5.41, 5.74) is 11.0. The number of nitrogens with zero attached hydrogens (tertiary/aromatic N) is 5. The second-order valence-electron chi connectivity index (χ2n) is 12.5. The second-order valence-corrected chi connectivity index (χ2v) is 12.5. The molecule has 0 fully saturated rings. The van der Waals surface area contributed by atoms with Crippen molar-refractivity contribution in [2.75, 3.05) is 0 Å². The summed E-state index contributed by atoms with van der Waals surface area (Å²) in [6.07, 6.45) is 2.14. The Kier molecular flexibility index (Phi) is 6.42. The number of aromatic nitrogens is 5. The van der Waals surface area contributed by atoms with Crippen LogP contribution in [0.3, 0.4) is 0 Å². The number of fused-ring (bicyclic) bond motifs is 5. The van der Waals surface area contributed by atoms with E-state index in [0.29, 0.717) is 5.95 Å². The Morgan fingerprint density at radius 2 is 1.06 bits per heavy atom. The highest BCUT2D eigenvalue weighted by Gasteiger charge is 2.20. The number of benzene rings is 6. The zero-order valence-electron chi connectivity index (χ0n) is 27.0. The van der Waals surface area contributed by atoms with E-state index < -0.39 is 0 Å². The molecule has 0 saturated heterocycles. The molecule has 0 saturated carbocycles. The number of rotatable bonds is 5. The third kappa shape index (κ3) is 4.60. The summed E-state index contributed by atoms with van der Waals surface area (Å²) >= 11 is 0. The third-order valence-electron chi connectivity index (χ3n) is 9.55. The molecular weight excluding hydrogens is 611 g/mol. The van der Waals surface area contributed by atoms with Crippen LogP contribution in [0.1, 0.15) is 0 Å². The van der Waals surface area contributed by atoms with E-state index in [4.69, 9.17) is 15.0 Å². The van der Waals surface area contributed by atoms with Gasteiger partial charge in [-0.15, -0.1) is 0 Å². The molecule has 0 spiro atoms. The minimum Gasteiger partial charge on any atom is -0.316 e. The predicted octanol–water partition coefficient (Wildman–Crippen LogP) is 11.1. The smallest absolute Gasteiger partial charge is 0.235 e. The van der Waals surface area contributed by atoms with E-state index in [2.05, 4.69) is 155 Å². The topological polar surface area (TPSA) is 48.5 Å². The Morgan fingerprint density at radius 3 is 1.86 bits per heavy atom. The normalized spacial score (nSPS) is 11.6. The fraction of sp³-hybridized carbons (Fsp3) is 0. The highest BCUT2D eigenvalue weighted by molar-refractivity contribution is 6.13. The Labute approximate surface area is 288 Å². The molecule has 0 aliphatic carbocycles. The van der Waals surface area contributed by atoms with Crippen molar-refractivity contribution in [1.82, 2.24) is 24.1 Å². The van der Waals surface area contributed by atoms with Gasteiger partial charge in [0.1, 0.15) is 5.69 Å². The minimum atomic E-state index is 0.607. The van der Waals surface area contributed by atoms with Gasteiger partial charge in [0, 0.05) is 39.0 Å². The molecule has 0 bridgehead atoms. The SMILES string of the molecule is c1ccc(-c2cc(-c3ccccc3)nc(-c3nc(-n4c5ccccc5c5cc6ccn(-c7ccccc7)c6cc54)nc4ccccc34)c2)cc1. The number of hydrogen-bond donors (Lipinski definition) is 0. The maximum Gasteiger partial charge on any atom is 0.235 e. The summed E-state index contributed by atoms with van der Waals surface area (Å²) in [4.78, 5) is 15.9. The molecule has 0 radical (unpaired) electrons. The third-order valence-corrected chi connectivity index (χ3v) is 9.55. The maximum atomic E-state index is 5.41. The fourth-order valence-corrected chi connectivity index (χ4v) is 7.19. The molecular formula is C45H29N5. The maximum absolute atomic E-state index is 5.41. The van der Waals surface area contributed by atoms with E-state index in [0.717, 1.165) is 77.7 Å². The second kappa shape index (κ2) is 11.4. The van der Waals surface area contributed by atoms with E-state index in [1.54, 1.807) is 0 Å². The van der Waals surface area contributed by atoms with Gasteiger partial charge in [-0.05, 0) is 65.7 Å². The van der Waals surface area contributed by atoms with E-state index in [-0.39, 0.29) is 0 Å². The van der Waals surface area contributed by atoms with Crippen molar-refractivity contribution in [2.24, 2.45) is 0 Å². The average molecular weight is 640 g/mol. The molecule has 5 heteroatoms. The summed E-state index contributed by atoms with van der Waals surface area (Å²) in [7, 11) is 0. The molecule has 234 valence electrons. The molecule has 6 aromatic carbocycles. The summed E-state index contributed by atoms with van der Waals surface area (Å²) in [5.74, 6) is 0.607. The number of hydrogen-bond acceptors (Lipinski definition) is 3. The van der Waals surface area contributed by atoms with Crippen LogP contribution >= 0.6 is 0 Å². The predicted molar refractivity (Wildman–Crippen MR) is 205 cm³/mol. The van der Waals surface area contributed by atoms with E-state index >= 15 is 0 Å². The van der Waals surface area contributed by atoms with Crippen molar-refractivity contribution >= 4 is 43.6 Å². The summed E-state index contributed by atoms with van der Waals surface area (Å²) in [5, 5.41) is 4.45. The highest BCUT2D eigenvalue weighted by Crippen LogP contribution is 2.37. The Bertz CT molecular complexity index is 2800. The van der Waals surface area contributed by atoms with Gasteiger partial charge in [-0.3, -0.25) is 4.57 Å². The van der Waals surface area contributed by atoms with Crippen molar-refractivity contribution in [3.8, 4) is 45.4 Å². The lowest BCUT2D eigenvalue weighted by Crippen LogP contribution is -2.04. The highest BCUT2D eigenvalue weighted by atomic mass is 15.2. The first-order valence-electron chi connectivity index (χ1n) is 16.8. The van der Waals surface area contributed by atoms with Gasteiger partial charge in [-0.2, -0.15) is 0 Å². The fourth-order valence-electron chi connectivity index (χ4n) is 7.19. The monoisotopic (exact) mass is 639 g/mol. The molecule has 0 aliphatic rings. The van der Waals surface area contributed by atoms with Crippen molar-refractivity contribution in [3.05, 3.63) is 176 Å². The molecule has 10 rings (SSSR count). The zero-order chi connectivity index (χ0) is 33.0. The van der Waals surface area contributed by atoms with Crippen LogP contribution < -0.4 is 0 Å². The summed E-state index contributed by atoms with van der Waals surface area (Å²) < 4.78 is 4.45. The lowest BCUT2D eigenvalue weighted by atomic mass is 10.0. The van der Waals surface area contributed by atoms with Gasteiger partial charge in [0.25, 0.3) is 0 Å². The molecule has 0 aliphatic heterocycles. The average Bonchev–Trinajstić information content (AvgIpc) is 3.76. The van der Waals surface area contributed by atoms with Crippen molar-refractivity contribution < 1.29 is 0 Å². The van der Waals surface area contributed by atoms with Crippen LogP contribution in [0.25, 0.3) is 89.0 Å². The van der Waals surface area contributed by atoms with Gasteiger partial charge in [-0.1, -0.05) is 115 Å². The first-order valence-corrected chi connectivity index (χ1v) is 16.8. The van der Waals surface area contributed by atoms with E-state index in [1.807, 2.05) is 30.3 Å². The molecule has 0 atom stereocenters. The molecule has 0 amide bonds. The van der Waals surface area contributed by atoms with E-state index in [1.165, 1.54) is 5.39 Å². The van der Waals surface area contributed by atoms with Crippen LogP contribution in [0.4, 0.5) is 0 Å². The quantitative estimate of drug-likeness (QED) is 0.188. The van der Waals surface area contributed by atoms with Crippen LogP contribution in [-0.4, -0.2) is 24.1 Å². The van der Waals surface area contributed by atoms with Crippen molar-refractivity contribution in [3.63, 3.8) is 0 Å². The lowest BCUT2D eigenvalue weighted by Gasteiger charge is -2.14. The van der Waals surface area contributed by atoms with Crippen LogP contribution in [0.5, 0.6) is 0 Å². The van der Waals surface area contributed by atoms with Gasteiger partial charge in [0.15, 0.2) is 0 Å². The summed E-state index contributed by atoms with van der Waals surface area (Å²) in [6.45, 7) is 0. The van der Waals surface area contributed by atoms with Crippen LogP contribution in [0.15, 0.2) is 176 Å². The van der Waals surface area contributed by atoms with Gasteiger partial charge < -0.3 is 4.57 Å². The zero-order valence-corrected chi connectivity index (χ0v) is 27.0. The first-order chi connectivity index (χ1) is 24.8. The first kappa shape index (κ1) is 28.2. The van der Waals surface area contributed by atoms with Crippen LogP contribution in [-0.2, 0) is 0 Å². The Morgan fingerprint density at radius 1 is 0.400 bits per heavy atom. The molecule has 0 unspecified atom stereocenters. The van der Waals surface area contributed by atoms with Crippen LogP contribution in [0, 0.1) is 0 Å². The Hall–Kier alpha value is -6.85. The van der Waals surface area contributed by atoms with Gasteiger partial charge in [-0.25, -0.2) is 15.0 Å². The van der Waals surface area contributed by atoms with E-state index in [9.17, 15) is 0 Å². The number of pyridine rings is 1. The van der Waals surface area contributed by atoms with Gasteiger partial charge in [0.2, 0.25) is 5.95 Å². The summed E-state index contributed by atoms with van der Waals surface area (Å²) in [6, 6.07) is 59.1. The molecule has 5 nitrogen and oxygen atoms in total. The Balaban J connectivity index is 1.26. The molecule has 4 heterocycles. The van der Waals surface area contributed by atoms with Crippen molar-refractivity contribution in [2.45, 2.75) is 0 Å². The van der Waals surface area contributed by atoms with Crippen molar-refractivity contribution in [1.29, 1.82) is 0 Å². The standard InChI is InChI=1S/C45H29N5/c1-4-14-30(15-5-1)33-27-39(31-16-6-2-7-17-31)46-40(28-33)44-36-21-10-12-22-38(36)47-45(48-44)50-41-23-13-11-20-35(41)37-26-32-24-25-49(42(32)29-43(37)50)34-18-8-3-9-19-34/h1-29H. The minimum absolute atomic E-state index is 0.607.